The van der Waals surface area contributed by atoms with E-state index in [0.29, 0.717) is 19.2 Å². The molecule has 2 heterocycles. The summed E-state index contributed by atoms with van der Waals surface area (Å²) in [6.07, 6.45) is 1.22. The minimum atomic E-state index is 0.545. The summed E-state index contributed by atoms with van der Waals surface area (Å²) in [7, 11) is 1.70. The monoisotopic (exact) mass is 298 g/mol. The van der Waals surface area contributed by atoms with Crippen LogP contribution in [0.3, 0.4) is 0 Å². The first-order valence-electron chi connectivity index (χ1n) is 7.40. The van der Waals surface area contributed by atoms with Crippen molar-refractivity contribution in [1.82, 2.24) is 9.88 Å². The van der Waals surface area contributed by atoms with Crippen LogP contribution in [-0.4, -0.2) is 49.2 Å². The molecule has 5 nitrogen and oxygen atoms in total. The van der Waals surface area contributed by atoms with Crippen LogP contribution in [0, 0.1) is 0 Å². The molecule has 2 N–H and O–H groups in total. The average molecular weight is 298 g/mol. The first kappa shape index (κ1) is 15.7. The molecule has 1 aromatic rings. The molecule has 0 aromatic carbocycles. The molecule has 1 atom stereocenters. The molecular formula is C14H26N4OS. The molecule has 0 saturated carbocycles. The maximum atomic E-state index is 5.80. The van der Waals surface area contributed by atoms with Gasteiger partial charge < -0.3 is 15.4 Å². The van der Waals surface area contributed by atoms with Crippen LogP contribution in [0.15, 0.2) is 0 Å². The van der Waals surface area contributed by atoms with E-state index in [1.165, 1.54) is 6.42 Å². The van der Waals surface area contributed by atoms with Gasteiger partial charge in [-0.05, 0) is 19.5 Å². The van der Waals surface area contributed by atoms with Crippen LogP contribution in [0.2, 0.25) is 0 Å². The normalized spacial score (nSPS) is 19.2. The fraction of sp³-hybridized carbons (Fsp3) is 0.786. The largest absolute Gasteiger partial charge is 0.378 e. The molecule has 1 unspecified atom stereocenters. The number of ether oxygens (including phenoxy) is 1. The van der Waals surface area contributed by atoms with Crippen LogP contribution in [0.25, 0.3) is 0 Å². The van der Waals surface area contributed by atoms with Crippen LogP contribution < -0.4 is 10.6 Å². The quantitative estimate of drug-likeness (QED) is 0.830. The van der Waals surface area contributed by atoms with E-state index in [0.717, 1.165) is 41.9 Å². The molecule has 0 amide bonds. The summed E-state index contributed by atoms with van der Waals surface area (Å²) in [4.78, 5) is 10.8. The lowest BCUT2D eigenvalue weighted by molar-refractivity contribution is 0.181. The van der Waals surface area contributed by atoms with Gasteiger partial charge in [-0.25, -0.2) is 4.98 Å². The van der Waals surface area contributed by atoms with Gasteiger partial charge in [0.2, 0.25) is 0 Å². The van der Waals surface area contributed by atoms with Gasteiger partial charge in [0.1, 0.15) is 0 Å². The summed E-state index contributed by atoms with van der Waals surface area (Å²) >= 11 is 1.72. The van der Waals surface area contributed by atoms with Crippen molar-refractivity contribution in [3.8, 4) is 0 Å². The second-order valence-electron chi connectivity index (χ2n) is 5.11. The topological polar surface area (TPSA) is 54.6 Å². The number of aromatic nitrogens is 1. The molecule has 1 fully saturated rings. The summed E-state index contributed by atoms with van der Waals surface area (Å²) in [6, 6.07) is 0.654. The number of anilines is 1. The van der Waals surface area contributed by atoms with Crippen LogP contribution in [-0.2, 0) is 17.9 Å². The van der Waals surface area contributed by atoms with Gasteiger partial charge in [0.15, 0.2) is 5.13 Å². The minimum Gasteiger partial charge on any atom is -0.378 e. The van der Waals surface area contributed by atoms with Crippen molar-refractivity contribution < 1.29 is 4.74 Å². The zero-order chi connectivity index (χ0) is 14.5. The van der Waals surface area contributed by atoms with Crippen LogP contribution in [0.1, 0.15) is 30.8 Å². The molecule has 6 heteroatoms. The number of nitrogens with two attached hydrogens (primary N) is 1. The Morgan fingerprint density at radius 1 is 1.45 bits per heavy atom. The lowest BCUT2D eigenvalue weighted by Gasteiger charge is -2.25. The van der Waals surface area contributed by atoms with Crippen molar-refractivity contribution in [2.75, 3.05) is 38.2 Å². The molecule has 0 bridgehead atoms. The van der Waals surface area contributed by atoms with E-state index >= 15 is 0 Å². The van der Waals surface area contributed by atoms with Crippen molar-refractivity contribution in [3.63, 3.8) is 0 Å². The molecule has 1 aromatic heterocycles. The number of likely N-dealkylation sites (N-methyl/N-ethyl adjacent to an activating group) is 1. The van der Waals surface area contributed by atoms with E-state index in [4.69, 9.17) is 15.5 Å². The van der Waals surface area contributed by atoms with Crippen LogP contribution in [0.4, 0.5) is 5.13 Å². The number of rotatable bonds is 7. The van der Waals surface area contributed by atoms with Gasteiger partial charge in [-0.2, -0.15) is 0 Å². The summed E-state index contributed by atoms with van der Waals surface area (Å²) < 4.78 is 5.20. The van der Waals surface area contributed by atoms with Crippen molar-refractivity contribution in [3.05, 3.63) is 10.6 Å². The fourth-order valence-corrected chi connectivity index (χ4v) is 3.84. The Bertz CT molecular complexity index is 419. The Morgan fingerprint density at radius 3 is 2.80 bits per heavy atom. The third-order valence-corrected chi connectivity index (χ3v) is 5.18. The molecule has 0 spiro atoms. The zero-order valence-electron chi connectivity index (χ0n) is 12.8. The van der Waals surface area contributed by atoms with E-state index in [-0.39, 0.29) is 0 Å². The third-order valence-electron chi connectivity index (χ3n) is 4.00. The first-order valence-corrected chi connectivity index (χ1v) is 8.21. The molecule has 0 aliphatic carbocycles. The summed E-state index contributed by atoms with van der Waals surface area (Å²) in [6.45, 7) is 9.97. The summed E-state index contributed by atoms with van der Waals surface area (Å²) in [5, 5.41) is 1.10. The Hall–Kier alpha value is -0.690. The zero-order valence-corrected chi connectivity index (χ0v) is 13.6. The van der Waals surface area contributed by atoms with Gasteiger partial charge in [0, 0.05) is 37.7 Å². The summed E-state index contributed by atoms with van der Waals surface area (Å²) in [5.41, 5.74) is 6.80. The van der Waals surface area contributed by atoms with Gasteiger partial charge in [-0.15, -0.1) is 11.3 Å². The number of nitrogens with zero attached hydrogens (tertiary/aromatic N) is 3. The van der Waals surface area contributed by atoms with Crippen molar-refractivity contribution >= 4 is 16.5 Å². The van der Waals surface area contributed by atoms with E-state index in [1.807, 2.05) is 0 Å². The second-order valence-corrected chi connectivity index (χ2v) is 6.18. The molecule has 1 saturated heterocycles. The molecule has 0 radical (unpaired) electrons. The molecule has 1 aliphatic heterocycles. The number of thiazole rings is 1. The van der Waals surface area contributed by atoms with E-state index in [2.05, 4.69) is 23.6 Å². The average Bonchev–Trinajstić information content (AvgIpc) is 3.07. The van der Waals surface area contributed by atoms with Gasteiger partial charge in [-0.1, -0.05) is 13.8 Å². The van der Waals surface area contributed by atoms with Crippen molar-refractivity contribution in [2.45, 2.75) is 39.5 Å². The van der Waals surface area contributed by atoms with Crippen molar-refractivity contribution in [1.29, 1.82) is 0 Å². The standard InChI is InChI=1S/C14H26N4OS/c1-4-17(5-2)11-6-7-18(9-11)14-16-12(10-19-3)13(8-15)20-14/h11H,4-10,15H2,1-3H3. The lowest BCUT2D eigenvalue weighted by atomic mass is 10.2. The minimum absolute atomic E-state index is 0.545. The molecule has 1 aliphatic rings. The van der Waals surface area contributed by atoms with Gasteiger partial charge in [0.05, 0.1) is 12.3 Å². The molecule has 2 rings (SSSR count). The lowest BCUT2D eigenvalue weighted by Crippen LogP contribution is -2.37. The third kappa shape index (κ3) is 3.31. The van der Waals surface area contributed by atoms with Gasteiger partial charge >= 0.3 is 0 Å². The molecular weight excluding hydrogens is 272 g/mol. The van der Waals surface area contributed by atoms with E-state index < -0.39 is 0 Å². The number of methoxy groups -OCH3 is 1. The maximum Gasteiger partial charge on any atom is 0.185 e. The number of hydrogen-bond donors (Lipinski definition) is 1. The predicted octanol–water partition coefficient (Wildman–Crippen LogP) is 1.67. The highest BCUT2D eigenvalue weighted by Gasteiger charge is 2.28. The predicted molar refractivity (Wildman–Crippen MR) is 84.3 cm³/mol. The smallest absolute Gasteiger partial charge is 0.185 e. The Morgan fingerprint density at radius 2 is 2.20 bits per heavy atom. The number of hydrogen-bond acceptors (Lipinski definition) is 6. The fourth-order valence-electron chi connectivity index (χ4n) is 2.87. The Kier molecular flexibility index (Phi) is 5.77. The maximum absolute atomic E-state index is 5.80. The van der Waals surface area contributed by atoms with E-state index in [1.54, 1.807) is 18.4 Å². The second kappa shape index (κ2) is 7.36. The molecule has 114 valence electrons. The first-order chi connectivity index (χ1) is 9.73. The van der Waals surface area contributed by atoms with E-state index in [9.17, 15) is 0 Å². The summed E-state index contributed by atoms with van der Waals surface area (Å²) in [5.74, 6) is 0. The molecule has 20 heavy (non-hydrogen) atoms. The highest BCUT2D eigenvalue weighted by molar-refractivity contribution is 7.15. The van der Waals surface area contributed by atoms with Gasteiger partial charge in [-0.3, -0.25) is 4.90 Å². The van der Waals surface area contributed by atoms with Crippen LogP contribution >= 0.6 is 11.3 Å². The van der Waals surface area contributed by atoms with Crippen LogP contribution in [0.5, 0.6) is 0 Å². The Balaban J connectivity index is 2.06. The Labute approximate surface area is 125 Å². The van der Waals surface area contributed by atoms with Crippen molar-refractivity contribution in [2.24, 2.45) is 5.73 Å². The SMILES string of the molecule is CCN(CC)C1CCN(c2nc(COC)c(CN)s2)C1. The van der Waals surface area contributed by atoms with Gasteiger partial charge in [0.25, 0.3) is 0 Å². The highest BCUT2D eigenvalue weighted by atomic mass is 32.1. The highest BCUT2D eigenvalue weighted by Crippen LogP contribution is 2.30.